The smallest absolute Gasteiger partial charge is 0.303 e. The van der Waals surface area contributed by atoms with E-state index in [9.17, 15) is 9.59 Å². The maximum absolute atomic E-state index is 11.6. The second-order valence-electron chi connectivity index (χ2n) is 5.66. The van der Waals surface area contributed by atoms with Gasteiger partial charge in [-0.2, -0.15) is 0 Å². The van der Waals surface area contributed by atoms with E-state index in [-0.39, 0.29) is 11.8 Å². The maximum Gasteiger partial charge on any atom is 0.303 e. The first-order valence-corrected chi connectivity index (χ1v) is 8.12. The maximum atomic E-state index is 11.6. The summed E-state index contributed by atoms with van der Waals surface area (Å²) in [5.74, 6) is -1.07. The largest absolute Gasteiger partial charge is 0.456 e. The summed E-state index contributed by atoms with van der Waals surface area (Å²) >= 11 is 6.03. The number of fused-ring (bicyclic) bond motifs is 1. The standard InChI is InChI=1S/C15H17ClN4O6/c1-7(21)24-11-9(4-23-3)26-15(12(11)25-8(2)22)20-6-19-10-13(16)17-5-18-14(10)20/h5-6,9,11-12,15H,4H2,1-3H3/t9-,11-,12-,15?/m1/s1. The van der Waals surface area contributed by atoms with E-state index in [1.54, 1.807) is 4.57 Å². The molecule has 0 saturated carbocycles. The van der Waals surface area contributed by atoms with Crippen molar-refractivity contribution in [1.29, 1.82) is 0 Å². The predicted octanol–water partition coefficient (Wildman–Crippen LogP) is 0.887. The van der Waals surface area contributed by atoms with Crippen molar-refractivity contribution >= 4 is 34.7 Å². The lowest BCUT2D eigenvalue weighted by atomic mass is 10.1. The third kappa shape index (κ3) is 3.48. The Kier molecular flexibility index (Phi) is 5.35. The SMILES string of the molecule is COC[C@H]1OC(n2cnc3c(Cl)ncnc32)[C@H](OC(C)=O)[C@@H]1OC(C)=O. The van der Waals surface area contributed by atoms with Gasteiger partial charge < -0.3 is 18.9 Å². The summed E-state index contributed by atoms with van der Waals surface area (Å²) < 4.78 is 23.4. The topological polar surface area (TPSA) is 115 Å². The third-order valence-corrected chi connectivity index (χ3v) is 4.09. The quantitative estimate of drug-likeness (QED) is 0.547. The molecule has 1 fully saturated rings. The zero-order chi connectivity index (χ0) is 18.8. The van der Waals surface area contributed by atoms with Crippen molar-refractivity contribution in [2.75, 3.05) is 13.7 Å². The fraction of sp³-hybridized carbons (Fsp3) is 0.533. The number of hydrogen-bond acceptors (Lipinski definition) is 9. The van der Waals surface area contributed by atoms with E-state index in [1.165, 1.54) is 33.6 Å². The van der Waals surface area contributed by atoms with Crippen molar-refractivity contribution in [3.63, 3.8) is 0 Å². The second-order valence-corrected chi connectivity index (χ2v) is 6.02. The van der Waals surface area contributed by atoms with Gasteiger partial charge in [-0.3, -0.25) is 14.2 Å². The monoisotopic (exact) mass is 384 g/mol. The molecule has 26 heavy (non-hydrogen) atoms. The summed E-state index contributed by atoms with van der Waals surface area (Å²) in [6.45, 7) is 2.66. The molecule has 10 nitrogen and oxygen atoms in total. The molecular weight excluding hydrogens is 368 g/mol. The molecule has 1 unspecified atom stereocenters. The second kappa shape index (κ2) is 7.52. The Bertz CT molecular complexity index is 828. The molecule has 1 saturated heterocycles. The number of ether oxygens (including phenoxy) is 4. The normalized spacial score (nSPS) is 25.4. The van der Waals surface area contributed by atoms with Crippen molar-refractivity contribution in [1.82, 2.24) is 19.5 Å². The van der Waals surface area contributed by atoms with Crippen molar-refractivity contribution in [2.45, 2.75) is 38.4 Å². The van der Waals surface area contributed by atoms with E-state index >= 15 is 0 Å². The van der Waals surface area contributed by atoms with Gasteiger partial charge in [-0.15, -0.1) is 0 Å². The molecule has 0 spiro atoms. The average molecular weight is 385 g/mol. The molecule has 0 aromatic carbocycles. The number of imidazole rings is 1. The minimum atomic E-state index is -0.914. The number of nitrogens with zero attached hydrogens (tertiary/aromatic N) is 4. The molecule has 2 aromatic heterocycles. The Morgan fingerprint density at radius 2 is 1.88 bits per heavy atom. The third-order valence-electron chi connectivity index (χ3n) is 3.81. The fourth-order valence-corrected chi connectivity index (χ4v) is 3.07. The van der Waals surface area contributed by atoms with Gasteiger partial charge in [-0.1, -0.05) is 11.6 Å². The number of rotatable bonds is 5. The minimum Gasteiger partial charge on any atom is -0.456 e. The highest BCUT2D eigenvalue weighted by molar-refractivity contribution is 6.33. The molecule has 0 amide bonds. The number of carbonyl (C=O) groups excluding carboxylic acids is 2. The van der Waals surface area contributed by atoms with E-state index in [4.69, 9.17) is 30.5 Å². The Morgan fingerprint density at radius 3 is 2.54 bits per heavy atom. The molecule has 0 bridgehead atoms. The average Bonchev–Trinajstić information content (AvgIpc) is 3.12. The van der Waals surface area contributed by atoms with Gasteiger partial charge in [0.2, 0.25) is 0 Å². The Balaban J connectivity index is 2.03. The van der Waals surface area contributed by atoms with Crippen LogP contribution >= 0.6 is 11.6 Å². The highest BCUT2D eigenvalue weighted by Crippen LogP contribution is 2.36. The van der Waals surface area contributed by atoms with Crippen LogP contribution in [-0.4, -0.2) is 63.5 Å². The summed E-state index contributed by atoms with van der Waals surface area (Å²) in [5.41, 5.74) is 0.769. The molecule has 0 N–H and O–H groups in total. The Morgan fingerprint density at radius 1 is 1.19 bits per heavy atom. The number of esters is 2. The molecule has 0 aliphatic carbocycles. The van der Waals surface area contributed by atoms with E-state index in [1.807, 2.05) is 0 Å². The van der Waals surface area contributed by atoms with Crippen molar-refractivity contribution in [3.05, 3.63) is 17.8 Å². The number of carbonyl (C=O) groups is 2. The molecule has 3 rings (SSSR count). The van der Waals surface area contributed by atoms with Crippen molar-refractivity contribution in [3.8, 4) is 0 Å². The molecule has 4 atom stereocenters. The van der Waals surface area contributed by atoms with Crippen molar-refractivity contribution < 1.29 is 28.5 Å². The van der Waals surface area contributed by atoms with Crippen LogP contribution < -0.4 is 0 Å². The lowest BCUT2D eigenvalue weighted by Gasteiger charge is -2.23. The highest BCUT2D eigenvalue weighted by Gasteiger charge is 2.50. The molecule has 11 heteroatoms. The molecular formula is C15H17ClN4O6. The summed E-state index contributed by atoms with van der Waals surface area (Å²) in [4.78, 5) is 35.3. The number of methoxy groups -OCH3 is 1. The van der Waals surface area contributed by atoms with Gasteiger partial charge in [0, 0.05) is 21.0 Å². The number of aromatic nitrogens is 4. The summed E-state index contributed by atoms with van der Waals surface area (Å²) in [6.07, 6.45) is -0.507. The first kappa shape index (κ1) is 18.5. The fourth-order valence-electron chi connectivity index (χ4n) is 2.89. The van der Waals surface area contributed by atoms with Gasteiger partial charge in [0.05, 0.1) is 12.9 Å². The van der Waals surface area contributed by atoms with Gasteiger partial charge in [-0.05, 0) is 0 Å². The number of halogens is 1. The van der Waals surface area contributed by atoms with E-state index < -0.39 is 36.5 Å². The first-order valence-electron chi connectivity index (χ1n) is 7.74. The molecule has 1 aliphatic heterocycles. The van der Waals surface area contributed by atoms with Crippen LogP contribution in [0, 0.1) is 0 Å². The molecule has 3 heterocycles. The molecule has 2 aromatic rings. The van der Waals surface area contributed by atoms with Crippen LogP contribution in [0.3, 0.4) is 0 Å². The Labute approximate surface area is 153 Å². The van der Waals surface area contributed by atoms with Gasteiger partial charge >= 0.3 is 11.9 Å². The van der Waals surface area contributed by atoms with Crippen LogP contribution in [0.1, 0.15) is 20.1 Å². The van der Waals surface area contributed by atoms with Gasteiger partial charge in [0.1, 0.15) is 17.9 Å². The zero-order valence-electron chi connectivity index (χ0n) is 14.3. The van der Waals surface area contributed by atoms with Crippen LogP contribution in [0.25, 0.3) is 11.2 Å². The van der Waals surface area contributed by atoms with Gasteiger partial charge in [0.15, 0.2) is 29.2 Å². The molecule has 0 radical (unpaired) electrons. The summed E-state index contributed by atoms with van der Waals surface area (Å²) in [6, 6.07) is 0. The van der Waals surface area contributed by atoms with Crippen LogP contribution in [0.15, 0.2) is 12.7 Å². The van der Waals surface area contributed by atoms with Crippen LogP contribution in [0.5, 0.6) is 0 Å². The minimum absolute atomic E-state index is 0.134. The van der Waals surface area contributed by atoms with E-state index in [2.05, 4.69) is 15.0 Å². The van der Waals surface area contributed by atoms with Gasteiger partial charge in [-0.25, -0.2) is 15.0 Å². The van der Waals surface area contributed by atoms with Gasteiger partial charge in [0.25, 0.3) is 0 Å². The zero-order valence-corrected chi connectivity index (χ0v) is 15.0. The van der Waals surface area contributed by atoms with Crippen molar-refractivity contribution in [2.24, 2.45) is 0 Å². The van der Waals surface area contributed by atoms with E-state index in [0.29, 0.717) is 11.2 Å². The van der Waals surface area contributed by atoms with Crippen LogP contribution in [0.4, 0.5) is 0 Å². The van der Waals surface area contributed by atoms with Crippen LogP contribution in [-0.2, 0) is 28.5 Å². The Hall–Kier alpha value is -2.30. The summed E-state index contributed by atoms with van der Waals surface area (Å²) in [5, 5.41) is 0.181. The summed E-state index contributed by atoms with van der Waals surface area (Å²) in [7, 11) is 1.49. The highest BCUT2D eigenvalue weighted by atomic mass is 35.5. The molecule has 1 aliphatic rings. The predicted molar refractivity (Wildman–Crippen MR) is 87.2 cm³/mol. The molecule has 140 valence electrons. The van der Waals surface area contributed by atoms with Crippen LogP contribution in [0.2, 0.25) is 5.15 Å². The first-order chi connectivity index (χ1) is 12.4. The van der Waals surface area contributed by atoms with E-state index in [0.717, 1.165) is 0 Å². The number of hydrogen-bond donors (Lipinski definition) is 0. The lowest BCUT2D eigenvalue weighted by Crippen LogP contribution is -2.40. The lowest BCUT2D eigenvalue weighted by molar-refractivity contribution is -0.165.